The van der Waals surface area contributed by atoms with Crippen molar-refractivity contribution in [3.63, 3.8) is 0 Å². The van der Waals surface area contributed by atoms with Crippen LogP contribution in [0.2, 0.25) is 0 Å². The van der Waals surface area contributed by atoms with Gasteiger partial charge in [0.25, 0.3) is 0 Å². The summed E-state index contributed by atoms with van der Waals surface area (Å²) in [5.74, 6) is 0.494. The van der Waals surface area contributed by atoms with Crippen LogP contribution in [0.4, 0.5) is 0 Å². The maximum atomic E-state index is 9.32. The van der Waals surface area contributed by atoms with Crippen LogP contribution >= 0.6 is 0 Å². The smallest absolute Gasteiger partial charge is 0.0839 e. The SMILES string of the molecule is O[C@H]1CC[C@@H]([C@H]2CO2)C[C@@H]1O. The Labute approximate surface area is 66.0 Å². The third-order valence-electron chi connectivity index (χ3n) is 2.71. The zero-order chi connectivity index (χ0) is 7.84. The molecule has 1 heterocycles. The molecule has 2 aliphatic rings. The minimum absolute atomic E-state index is 0.386. The third-order valence-corrected chi connectivity index (χ3v) is 2.71. The molecule has 11 heavy (non-hydrogen) atoms. The molecular formula is C8H14O3. The van der Waals surface area contributed by atoms with Gasteiger partial charge in [0.05, 0.1) is 24.9 Å². The molecule has 0 amide bonds. The average molecular weight is 158 g/mol. The monoisotopic (exact) mass is 158 g/mol. The van der Waals surface area contributed by atoms with Gasteiger partial charge in [-0.1, -0.05) is 0 Å². The van der Waals surface area contributed by atoms with Crippen LogP contribution < -0.4 is 0 Å². The van der Waals surface area contributed by atoms with Crippen LogP contribution in [0.1, 0.15) is 19.3 Å². The van der Waals surface area contributed by atoms with E-state index in [1.165, 1.54) is 0 Å². The molecule has 3 nitrogen and oxygen atoms in total. The number of rotatable bonds is 1. The topological polar surface area (TPSA) is 53.0 Å². The van der Waals surface area contributed by atoms with Crippen molar-refractivity contribution < 1.29 is 14.9 Å². The van der Waals surface area contributed by atoms with Crippen LogP contribution in [0.25, 0.3) is 0 Å². The van der Waals surface area contributed by atoms with Gasteiger partial charge in [-0.3, -0.25) is 0 Å². The van der Waals surface area contributed by atoms with Gasteiger partial charge in [-0.05, 0) is 25.2 Å². The summed E-state index contributed by atoms with van der Waals surface area (Å²) in [5.41, 5.74) is 0. The standard InChI is InChI=1S/C8H14O3/c9-6-2-1-5(3-7(6)10)8-4-11-8/h5-10H,1-4H2/t5-,6+,7+,8-/m1/s1. The first-order chi connectivity index (χ1) is 5.27. The molecule has 4 atom stereocenters. The van der Waals surface area contributed by atoms with E-state index in [9.17, 15) is 10.2 Å². The molecule has 1 aliphatic carbocycles. The van der Waals surface area contributed by atoms with Crippen LogP contribution in [0, 0.1) is 5.92 Å². The average Bonchev–Trinajstić information content (AvgIpc) is 2.77. The van der Waals surface area contributed by atoms with Gasteiger partial charge >= 0.3 is 0 Å². The van der Waals surface area contributed by atoms with Crippen molar-refractivity contribution in [3.8, 4) is 0 Å². The van der Waals surface area contributed by atoms with Crippen molar-refractivity contribution in [3.05, 3.63) is 0 Å². The fourth-order valence-electron chi connectivity index (χ4n) is 1.83. The Kier molecular flexibility index (Phi) is 1.87. The van der Waals surface area contributed by atoms with Crippen molar-refractivity contribution in [1.29, 1.82) is 0 Å². The fourth-order valence-corrected chi connectivity index (χ4v) is 1.83. The summed E-state index contributed by atoms with van der Waals surface area (Å²) < 4.78 is 5.14. The second kappa shape index (κ2) is 2.73. The van der Waals surface area contributed by atoms with Gasteiger partial charge in [0, 0.05) is 0 Å². The van der Waals surface area contributed by atoms with Crippen molar-refractivity contribution >= 4 is 0 Å². The largest absolute Gasteiger partial charge is 0.390 e. The first-order valence-corrected chi connectivity index (χ1v) is 4.25. The van der Waals surface area contributed by atoms with E-state index in [-0.39, 0.29) is 0 Å². The van der Waals surface area contributed by atoms with Crippen LogP contribution in [-0.2, 0) is 4.74 Å². The molecule has 3 heteroatoms. The number of ether oxygens (including phenoxy) is 1. The van der Waals surface area contributed by atoms with Crippen molar-refractivity contribution in [2.24, 2.45) is 5.92 Å². The first kappa shape index (κ1) is 7.53. The lowest BCUT2D eigenvalue weighted by atomic mass is 9.83. The molecule has 2 N–H and O–H groups in total. The molecule has 1 saturated heterocycles. The van der Waals surface area contributed by atoms with E-state index < -0.39 is 12.2 Å². The predicted molar refractivity (Wildman–Crippen MR) is 39.1 cm³/mol. The number of aliphatic hydroxyl groups is 2. The molecule has 2 rings (SSSR count). The summed E-state index contributed by atoms with van der Waals surface area (Å²) in [5, 5.41) is 18.5. The lowest BCUT2D eigenvalue weighted by Gasteiger charge is -2.28. The Balaban J connectivity index is 1.86. The third kappa shape index (κ3) is 1.55. The van der Waals surface area contributed by atoms with Gasteiger partial charge < -0.3 is 14.9 Å². The van der Waals surface area contributed by atoms with Crippen LogP contribution in [-0.4, -0.2) is 35.1 Å². The van der Waals surface area contributed by atoms with Gasteiger partial charge in [-0.25, -0.2) is 0 Å². The summed E-state index contributed by atoms with van der Waals surface area (Å²) in [6.45, 7) is 0.855. The van der Waals surface area contributed by atoms with Crippen molar-refractivity contribution in [1.82, 2.24) is 0 Å². The van der Waals surface area contributed by atoms with Crippen molar-refractivity contribution in [2.45, 2.75) is 37.6 Å². The molecular weight excluding hydrogens is 144 g/mol. The number of aliphatic hydroxyl groups excluding tert-OH is 2. The number of hydrogen-bond acceptors (Lipinski definition) is 3. The first-order valence-electron chi connectivity index (χ1n) is 4.25. The molecule has 0 aromatic heterocycles. The van der Waals surface area contributed by atoms with Crippen LogP contribution in [0.5, 0.6) is 0 Å². The number of hydrogen-bond donors (Lipinski definition) is 2. The minimum atomic E-state index is -0.516. The van der Waals surface area contributed by atoms with Gasteiger partial charge in [0.15, 0.2) is 0 Å². The summed E-state index contributed by atoms with van der Waals surface area (Å²) in [6.07, 6.45) is 1.82. The summed E-state index contributed by atoms with van der Waals surface area (Å²) in [4.78, 5) is 0. The van der Waals surface area contributed by atoms with Gasteiger partial charge in [-0.15, -0.1) is 0 Å². The Morgan fingerprint density at radius 3 is 2.36 bits per heavy atom. The molecule has 1 saturated carbocycles. The summed E-state index contributed by atoms with van der Waals surface area (Å²) in [6, 6.07) is 0. The van der Waals surface area contributed by atoms with Gasteiger partial charge in [0.1, 0.15) is 0 Å². The summed E-state index contributed by atoms with van der Waals surface area (Å²) in [7, 11) is 0. The molecule has 0 spiro atoms. The lowest BCUT2D eigenvalue weighted by molar-refractivity contribution is -0.0291. The lowest BCUT2D eigenvalue weighted by Crippen LogP contribution is -2.35. The van der Waals surface area contributed by atoms with Gasteiger partial charge in [-0.2, -0.15) is 0 Å². The highest BCUT2D eigenvalue weighted by Gasteiger charge is 2.38. The maximum Gasteiger partial charge on any atom is 0.0839 e. The second-order valence-corrected chi connectivity index (χ2v) is 3.58. The molecule has 0 aromatic carbocycles. The zero-order valence-corrected chi connectivity index (χ0v) is 6.44. The van der Waals surface area contributed by atoms with E-state index in [1.54, 1.807) is 0 Å². The van der Waals surface area contributed by atoms with Crippen LogP contribution in [0.3, 0.4) is 0 Å². The zero-order valence-electron chi connectivity index (χ0n) is 6.44. The van der Waals surface area contributed by atoms with Crippen LogP contribution in [0.15, 0.2) is 0 Å². The minimum Gasteiger partial charge on any atom is -0.390 e. The number of epoxide rings is 1. The van der Waals surface area contributed by atoms with Gasteiger partial charge in [0.2, 0.25) is 0 Å². The van der Waals surface area contributed by atoms with E-state index >= 15 is 0 Å². The summed E-state index contributed by atoms with van der Waals surface area (Å²) >= 11 is 0. The van der Waals surface area contributed by atoms with E-state index in [2.05, 4.69) is 0 Å². The van der Waals surface area contributed by atoms with E-state index in [0.29, 0.717) is 18.4 Å². The Morgan fingerprint density at radius 2 is 1.82 bits per heavy atom. The molecule has 0 aromatic rings. The molecule has 0 radical (unpaired) electrons. The molecule has 64 valence electrons. The predicted octanol–water partition coefficient (Wildman–Crippen LogP) is -0.0929. The molecule has 2 fully saturated rings. The molecule has 0 unspecified atom stereocenters. The Morgan fingerprint density at radius 1 is 1.09 bits per heavy atom. The highest BCUT2D eigenvalue weighted by atomic mass is 16.6. The maximum absolute atomic E-state index is 9.32. The normalized spacial score (nSPS) is 50.7. The van der Waals surface area contributed by atoms with E-state index in [0.717, 1.165) is 19.4 Å². The van der Waals surface area contributed by atoms with E-state index in [1.807, 2.05) is 0 Å². The Hall–Kier alpha value is -0.120. The van der Waals surface area contributed by atoms with E-state index in [4.69, 9.17) is 4.74 Å². The highest BCUT2D eigenvalue weighted by molar-refractivity contribution is 4.87. The Bertz CT molecular complexity index is 144. The second-order valence-electron chi connectivity index (χ2n) is 3.58. The fraction of sp³-hybridized carbons (Fsp3) is 1.00. The highest BCUT2D eigenvalue weighted by Crippen LogP contribution is 2.33. The molecule has 0 bridgehead atoms. The quantitative estimate of drug-likeness (QED) is 0.524. The van der Waals surface area contributed by atoms with Crippen molar-refractivity contribution in [2.75, 3.05) is 6.61 Å². The molecule has 1 aliphatic heterocycles.